The molecule has 0 aliphatic rings. The Labute approximate surface area is 223 Å². The molecule has 38 heavy (non-hydrogen) atoms. The second-order valence-corrected chi connectivity index (χ2v) is 9.11. The molecule has 3 aromatic carbocycles. The standard InChI is InChI=1S/C30H33N5O3/c1-5-17-34(30(37)31-26-16-11-21(2)18-22(26)3)20-29(36)32-28-19-27(23-9-7-6-8-10-23)33-35(28)24-12-14-25(38-4)15-13-24/h6-16,18-19H,5,17,20H2,1-4H3,(H,31,37)(H,32,36). The van der Waals surface area contributed by atoms with Crippen molar-refractivity contribution in [2.45, 2.75) is 27.2 Å². The van der Waals surface area contributed by atoms with Gasteiger partial charge in [-0.05, 0) is 56.2 Å². The summed E-state index contributed by atoms with van der Waals surface area (Å²) in [7, 11) is 1.61. The van der Waals surface area contributed by atoms with E-state index < -0.39 is 0 Å². The lowest BCUT2D eigenvalue weighted by Crippen LogP contribution is -2.41. The highest BCUT2D eigenvalue weighted by Gasteiger charge is 2.20. The van der Waals surface area contributed by atoms with Gasteiger partial charge in [0.25, 0.3) is 0 Å². The lowest BCUT2D eigenvalue weighted by Gasteiger charge is -2.23. The highest BCUT2D eigenvalue weighted by Crippen LogP contribution is 2.26. The molecule has 4 rings (SSSR count). The first-order valence-electron chi connectivity index (χ1n) is 12.6. The summed E-state index contributed by atoms with van der Waals surface area (Å²) < 4.78 is 6.96. The van der Waals surface area contributed by atoms with Gasteiger partial charge in [-0.2, -0.15) is 5.10 Å². The average molecular weight is 512 g/mol. The van der Waals surface area contributed by atoms with Gasteiger partial charge in [0.15, 0.2) is 0 Å². The molecule has 0 fully saturated rings. The van der Waals surface area contributed by atoms with Crippen LogP contribution in [0.3, 0.4) is 0 Å². The van der Waals surface area contributed by atoms with Crippen molar-refractivity contribution < 1.29 is 14.3 Å². The second kappa shape index (κ2) is 12.1. The van der Waals surface area contributed by atoms with Gasteiger partial charge in [-0.15, -0.1) is 0 Å². The van der Waals surface area contributed by atoms with Crippen LogP contribution in [0.2, 0.25) is 0 Å². The molecular formula is C30H33N5O3. The smallest absolute Gasteiger partial charge is 0.322 e. The van der Waals surface area contributed by atoms with Gasteiger partial charge in [0, 0.05) is 23.9 Å². The molecule has 0 spiro atoms. The number of ether oxygens (including phenoxy) is 1. The number of amides is 3. The first-order chi connectivity index (χ1) is 18.4. The average Bonchev–Trinajstić information content (AvgIpc) is 3.34. The molecule has 2 N–H and O–H groups in total. The summed E-state index contributed by atoms with van der Waals surface area (Å²) in [6.45, 7) is 6.27. The van der Waals surface area contributed by atoms with E-state index in [9.17, 15) is 9.59 Å². The Morgan fingerprint density at radius 3 is 2.34 bits per heavy atom. The maximum Gasteiger partial charge on any atom is 0.322 e. The lowest BCUT2D eigenvalue weighted by atomic mass is 10.1. The van der Waals surface area contributed by atoms with E-state index in [0.717, 1.165) is 45.9 Å². The van der Waals surface area contributed by atoms with E-state index in [-0.39, 0.29) is 18.5 Å². The number of carbonyl (C=O) groups is 2. The van der Waals surface area contributed by atoms with Crippen molar-refractivity contribution in [3.63, 3.8) is 0 Å². The number of nitrogens with one attached hydrogen (secondary N) is 2. The van der Waals surface area contributed by atoms with Crippen molar-refractivity contribution in [2.75, 3.05) is 30.8 Å². The number of hydrogen-bond donors (Lipinski definition) is 2. The summed E-state index contributed by atoms with van der Waals surface area (Å²) in [6, 6.07) is 24.5. The van der Waals surface area contributed by atoms with Crippen molar-refractivity contribution in [2.24, 2.45) is 0 Å². The number of methoxy groups -OCH3 is 1. The van der Waals surface area contributed by atoms with E-state index in [1.54, 1.807) is 11.8 Å². The van der Waals surface area contributed by atoms with Crippen LogP contribution in [0.5, 0.6) is 5.75 Å². The van der Waals surface area contributed by atoms with Crippen LogP contribution < -0.4 is 15.4 Å². The van der Waals surface area contributed by atoms with Crippen molar-refractivity contribution in [1.29, 1.82) is 0 Å². The van der Waals surface area contributed by atoms with Crippen LogP contribution in [-0.2, 0) is 4.79 Å². The van der Waals surface area contributed by atoms with Gasteiger partial charge in [-0.1, -0.05) is 55.0 Å². The van der Waals surface area contributed by atoms with E-state index in [1.807, 2.05) is 99.6 Å². The predicted molar refractivity (Wildman–Crippen MR) is 151 cm³/mol. The summed E-state index contributed by atoms with van der Waals surface area (Å²) in [5.41, 5.74) is 5.23. The summed E-state index contributed by atoms with van der Waals surface area (Å²) in [6.07, 6.45) is 0.718. The second-order valence-electron chi connectivity index (χ2n) is 9.11. The molecule has 8 heteroatoms. The molecule has 196 valence electrons. The molecule has 0 aliphatic heterocycles. The Kier molecular flexibility index (Phi) is 8.43. The molecule has 4 aromatic rings. The number of benzene rings is 3. The highest BCUT2D eigenvalue weighted by molar-refractivity contribution is 5.97. The van der Waals surface area contributed by atoms with Crippen molar-refractivity contribution in [1.82, 2.24) is 14.7 Å². The molecule has 3 amide bonds. The topological polar surface area (TPSA) is 88.5 Å². The zero-order valence-corrected chi connectivity index (χ0v) is 22.2. The number of hydrogen-bond acceptors (Lipinski definition) is 4. The van der Waals surface area contributed by atoms with Crippen molar-refractivity contribution in [3.05, 3.63) is 90.0 Å². The van der Waals surface area contributed by atoms with Crippen LogP contribution in [-0.4, -0.2) is 46.8 Å². The SMILES string of the molecule is CCCN(CC(=O)Nc1cc(-c2ccccc2)nn1-c1ccc(OC)cc1)C(=O)Nc1ccc(C)cc1C. The molecule has 8 nitrogen and oxygen atoms in total. The van der Waals surface area contributed by atoms with Gasteiger partial charge in [0.05, 0.1) is 18.5 Å². The molecule has 0 saturated heterocycles. The molecule has 1 heterocycles. The van der Waals surface area contributed by atoms with Crippen LogP contribution in [0.25, 0.3) is 16.9 Å². The molecule has 0 unspecified atom stereocenters. The van der Waals surface area contributed by atoms with E-state index >= 15 is 0 Å². The molecular weight excluding hydrogens is 478 g/mol. The van der Waals surface area contributed by atoms with Crippen molar-refractivity contribution >= 4 is 23.4 Å². The summed E-state index contributed by atoms with van der Waals surface area (Å²) >= 11 is 0. The zero-order chi connectivity index (χ0) is 27.1. The minimum atomic E-state index is -0.317. The van der Waals surface area contributed by atoms with Gasteiger partial charge in [0.2, 0.25) is 5.91 Å². The third-order valence-corrected chi connectivity index (χ3v) is 6.10. The van der Waals surface area contributed by atoms with E-state index in [4.69, 9.17) is 9.84 Å². The monoisotopic (exact) mass is 511 g/mol. The zero-order valence-electron chi connectivity index (χ0n) is 22.2. The maximum atomic E-state index is 13.2. The Morgan fingerprint density at radius 1 is 0.947 bits per heavy atom. The van der Waals surface area contributed by atoms with E-state index in [2.05, 4.69) is 10.6 Å². The van der Waals surface area contributed by atoms with Gasteiger partial charge >= 0.3 is 6.03 Å². The van der Waals surface area contributed by atoms with Crippen molar-refractivity contribution in [3.8, 4) is 22.7 Å². The predicted octanol–water partition coefficient (Wildman–Crippen LogP) is 6.05. The van der Waals surface area contributed by atoms with E-state index in [1.165, 1.54) is 4.90 Å². The van der Waals surface area contributed by atoms with Crippen LogP contribution >= 0.6 is 0 Å². The van der Waals surface area contributed by atoms with Crippen LogP contribution in [0.4, 0.5) is 16.3 Å². The summed E-state index contributed by atoms with van der Waals surface area (Å²) in [5, 5.41) is 10.7. The quantitative estimate of drug-likeness (QED) is 0.286. The number of rotatable bonds is 9. The highest BCUT2D eigenvalue weighted by atomic mass is 16.5. The fraction of sp³-hybridized carbons (Fsp3) is 0.233. The van der Waals surface area contributed by atoms with Gasteiger partial charge < -0.3 is 20.3 Å². The Balaban J connectivity index is 1.55. The first kappa shape index (κ1) is 26.5. The van der Waals surface area contributed by atoms with Crippen LogP contribution in [0.1, 0.15) is 24.5 Å². The largest absolute Gasteiger partial charge is 0.497 e. The molecule has 0 atom stereocenters. The molecule has 0 radical (unpaired) electrons. The fourth-order valence-electron chi connectivity index (χ4n) is 4.17. The Bertz CT molecular complexity index is 1400. The number of aryl methyl sites for hydroxylation is 2. The first-order valence-corrected chi connectivity index (χ1v) is 12.6. The van der Waals surface area contributed by atoms with Crippen LogP contribution in [0, 0.1) is 13.8 Å². The maximum absolute atomic E-state index is 13.2. The van der Waals surface area contributed by atoms with E-state index in [0.29, 0.717) is 12.4 Å². The fourth-order valence-corrected chi connectivity index (χ4v) is 4.17. The number of urea groups is 1. The third-order valence-electron chi connectivity index (χ3n) is 6.10. The number of anilines is 2. The third kappa shape index (κ3) is 6.39. The molecule has 0 bridgehead atoms. The Morgan fingerprint density at radius 2 is 1.68 bits per heavy atom. The minimum Gasteiger partial charge on any atom is -0.497 e. The number of aromatic nitrogens is 2. The summed E-state index contributed by atoms with van der Waals surface area (Å²) in [4.78, 5) is 27.8. The molecule has 0 saturated carbocycles. The van der Waals surface area contributed by atoms with Crippen LogP contribution in [0.15, 0.2) is 78.9 Å². The number of carbonyl (C=O) groups excluding carboxylic acids is 2. The van der Waals surface area contributed by atoms with Gasteiger partial charge in [-0.25, -0.2) is 9.48 Å². The molecule has 0 aliphatic carbocycles. The minimum absolute atomic E-state index is 0.0982. The lowest BCUT2D eigenvalue weighted by molar-refractivity contribution is -0.116. The number of nitrogens with zero attached hydrogens (tertiary/aromatic N) is 3. The molecule has 1 aromatic heterocycles. The Hall–Kier alpha value is -4.59. The summed E-state index contributed by atoms with van der Waals surface area (Å²) in [5.74, 6) is 0.911. The van der Waals surface area contributed by atoms with Gasteiger partial charge in [0.1, 0.15) is 18.1 Å². The normalized spacial score (nSPS) is 10.6. The van der Waals surface area contributed by atoms with Gasteiger partial charge in [-0.3, -0.25) is 4.79 Å².